The number of nitriles is 1. The fourth-order valence-electron chi connectivity index (χ4n) is 2.77. The summed E-state index contributed by atoms with van der Waals surface area (Å²) in [5.74, 6) is -0.918. The third-order valence-corrected chi connectivity index (χ3v) is 4.20. The summed E-state index contributed by atoms with van der Waals surface area (Å²) < 4.78 is 5.09. The molecule has 0 saturated carbocycles. The van der Waals surface area contributed by atoms with Gasteiger partial charge in [-0.2, -0.15) is 5.26 Å². The van der Waals surface area contributed by atoms with E-state index in [0.717, 1.165) is 16.6 Å². The van der Waals surface area contributed by atoms with Crippen molar-refractivity contribution in [3.05, 3.63) is 72.4 Å². The maximum absolute atomic E-state index is 12.3. The number of hydrogen-bond acceptors (Lipinski definition) is 5. The molecule has 0 unspecified atom stereocenters. The van der Waals surface area contributed by atoms with Gasteiger partial charge in [0.15, 0.2) is 6.61 Å². The molecule has 6 nitrogen and oxygen atoms in total. The average Bonchev–Trinajstić information content (AvgIpc) is 2.74. The minimum atomic E-state index is -0.478. The topological polar surface area (TPSA) is 83.3 Å². The average molecular weight is 373 g/mol. The van der Waals surface area contributed by atoms with Gasteiger partial charge in [-0.1, -0.05) is 42.5 Å². The molecule has 1 amide bonds. The highest BCUT2D eigenvalue weighted by Gasteiger charge is 2.17. The number of aryl methyl sites for hydroxylation is 1. The van der Waals surface area contributed by atoms with Crippen LogP contribution >= 0.6 is 0 Å². The van der Waals surface area contributed by atoms with Crippen LogP contribution in [-0.2, 0) is 20.7 Å². The summed E-state index contributed by atoms with van der Waals surface area (Å²) in [7, 11) is 0. The predicted octanol–water partition coefficient (Wildman–Crippen LogP) is 3.27. The van der Waals surface area contributed by atoms with Crippen LogP contribution in [-0.4, -0.2) is 30.0 Å². The van der Waals surface area contributed by atoms with E-state index in [1.54, 1.807) is 24.3 Å². The van der Waals surface area contributed by atoms with Crippen molar-refractivity contribution in [2.24, 2.45) is 0 Å². The molecule has 3 aromatic rings. The molecule has 0 aliphatic carbocycles. The van der Waals surface area contributed by atoms with Gasteiger partial charge in [-0.3, -0.25) is 19.5 Å². The van der Waals surface area contributed by atoms with Gasteiger partial charge in [-0.15, -0.1) is 0 Å². The molecule has 28 heavy (non-hydrogen) atoms. The smallest absolute Gasteiger partial charge is 0.306 e. The Kier molecular flexibility index (Phi) is 6.32. The lowest BCUT2D eigenvalue weighted by molar-refractivity contribution is -0.147. The first-order valence-electron chi connectivity index (χ1n) is 8.90. The third kappa shape index (κ3) is 4.92. The standard InChI is InChI=1S/C22H19N3O3/c23-14-15-25(19-7-2-1-3-8-19)21(26)16-28-22(27)13-12-18-11-10-17-6-4-5-9-20(17)24-18/h1-11H,12-13,15-16H2. The summed E-state index contributed by atoms with van der Waals surface area (Å²) in [6.45, 7) is -0.512. The molecule has 140 valence electrons. The lowest BCUT2D eigenvalue weighted by Crippen LogP contribution is -2.35. The number of para-hydroxylation sites is 2. The van der Waals surface area contributed by atoms with Gasteiger partial charge in [0.2, 0.25) is 0 Å². The monoisotopic (exact) mass is 373 g/mol. The number of hydrogen-bond donors (Lipinski definition) is 0. The van der Waals surface area contributed by atoms with Crippen molar-refractivity contribution >= 4 is 28.5 Å². The highest BCUT2D eigenvalue weighted by atomic mass is 16.5. The molecule has 0 spiro atoms. The molecule has 2 aromatic carbocycles. The van der Waals surface area contributed by atoms with Crippen LogP contribution < -0.4 is 4.90 Å². The first-order chi connectivity index (χ1) is 13.7. The van der Waals surface area contributed by atoms with Crippen LogP contribution in [0.25, 0.3) is 10.9 Å². The van der Waals surface area contributed by atoms with E-state index in [0.29, 0.717) is 12.1 Å². The van der Waals surface area contributed by atoms with Gasteiger partial charge in [0.1, 0.15) is 6.54 Å². The molecule has 3 rings (SSSR count). The van der Waals surface area contributed by atoms with Crippen LogP contribution in [0.3, 0.4) is 0 Å². The number of carbonyl (C=O) groups is 2. The highest BCUT2D eigenvalue weighted by molar-refractivity contribution is 5.95. The molecule has 6 heteroatoms. The minimum Gasteiger partial charge on any atom is -0.456 e. The summed E-state index contributed by atoms with van der Waals surface area (Å²) in [5.41, 5.74) is 2.25. The Labute approximate surface area is 163 Å². The fourth-order valence-corrected chi connectivity index (χ4v) is 2.77. The highest BCUT2D eigenvalue weighted by Crippen LogP contribution is 2.14. The number of fused-ring (bicyclic) bond motifs is 1. The minimum absolute atomic E-state index is 0.110. The van der Waals surface area contributed by atoms with Gasteiger partial charge in [0.25, 0.3) is 5.91 Å². The number of benzene rings is 2. The largest absolute Gasteiger partial charge is 0.456 e. The van der Waals surface area contributed by atoms with Crippen molar-refractivity contribution in [3.63, 3.8) is 0 Å². The van der Waals surface area contributed by atoms with E-state index in [2.05, 4.69) is 4.98 Å². The Bertz CT molecular complexity index is 1010. The van der Waals surface area contributed by atoms with Gasteiger partial charge in [-0.05, 0) is 24.3 Å². The van der Waals surface area contributed by atoms with Crippen LogP contribution in [0.1, 0.15) is 12.1 Å². The normalized spacial score (nSPS) is 10.2. The van der Waals surface area contributed by atoms with Gasteiger partial charge in [0.05, 0.1) is 18.0 Å². The maximum Gasteiger partial charge on any atom is 0.306 e. The zero-order valence-electron chi connectivity index (χ0n) is 15.2. The number of aromatic nitrogens is 1. The van der Waals surface area contributed by atoms with Crippen LogP contribution in [0.15, 0.2) is 66.7 Å². The number of carbonyl (C=O) groups excluding carboxylic acids is 2. The quantitative estimate of drug-likeness (QED) is 0.469. The number of esters is 1. The molecule has 0 aliphatic rings. The Morgan fingerprint density at radius 1 is 1.00 bits per heavy atom. The summed E-state index contributed by atoms with van der Waals surface area (Å²) in [6, 6.07) is 22.4. The van der Waals surface area contributed by atoms with Gasteiger partial charge in [-0.25, -0.2) is 0 Å². The fraction of sp³-hybridized carbons (Fsp3) is 0.182. The summed E-state index contributed by atoms with van der Waals surface area (Å²) >= 11 is 0. The molecule has 1 heterocycles. The second-order valence-corrected chi connectivity index (χ2v) is 6.13. The number of ether oxygens (including phenoxy) is 1. The predicted molar refractivity (Wildman–Crippen MR) is 105 cm³/mol. The lowest BCUT2D eigenvalue weighted by Gasteiger charge is -2.19. The first kappa shape index (κ1) is 19.1. The van der Waals surface area contributed by atoms with E-state index in [4.69, 9.17) is 10.00 Å². The van der Waals surface area contributed by atoms with E-state index in [1.165, 1.54) is 4.90 Å². The van der Waals surface area contributed by atoms with Crippen LogP contribution in [0.4, 0.5) is 5.69 Å². The Morgan fingerprint density at radius 2 is 1.75 bits per heavy atom. The summed E-state index contributed by atoms with van der Waals surface area (Å²) in [6.07, 6.45) is 0.556. The number of rotatable bonds is 7. The number of amides is 1. The molecular weight excluding hydrogens is 354 g/mol. The zero-order chi connectivity index (χ0) is 19.8. The molecule has 1 aromatic heterocycles. The first-order valence-corrected chi connectivity index (χ1v) is 8.90. The van der Waals surface area contributed by atoms with Gasteiger partial charge in [0, 0.05) is 23.2 Å². The summed E-state index contributed by atoms with van der Waals surface area (Å²) in [5, 5.41) is 9.99. The van der Waals surface area contributed by atoms with Crippen LogP contribution in [0.5, 0.6) is 0 Å². The van der Waals surface area contributed by atoms with E-state index in [9.17, 15) is 9.59 Å². The Morgan fingerprint density at radius 3 is 2.54 bits per heavy atom. The molecule has 0 fully saturated rings. The molecule has 0 aliphatic heterocycles. The molecule has 0 N–H and O–H groups in total. The molecular formula is C22H19N3O3. The second-order valence-electron chi connectivity index (χ2n) is 6.13. The van der Waals surface area contributed by atoms with Crippen molar-refractivity contribution in [2.45, 2.75) is 12.8 Å². The van der Waals surface area contributed by atoms with E-state index < -0.39 is 18.5 Å². The number of pyridine rings is 1. The number of nitrogens with zero attached hydrogens (tertiary/aromatic N) is 3. The SMILES string of the molecule is N#CCN(C(=O)COC(=O)CCc1ccc2ccccc2n1)c1ccccc1. The van der Waals surface area contributed by atoms with E-state index in [1.807, 2.05) is 48.5 Å². The summed E-state index contributed by atoms with van der Waals surface area (Å²) in [4.78, 5) is 30.2. The van der Waals surface area contributed by atoms with Crippen LogP contribution in [0.2, 0.25) is 0 Å². The Hall–Kier alpha value is -3.72. The van der Waals surface area contributed by atoms with Gasteiger partial charge < -0.3 is 4.74 Å². The van der Waals surface area contributed by atoms with E-state index >= 15 is 0 Å². The van der Waals surface area contributed by atoms with Crippen molar-refractivity contribution < 1.29 is 14.3 Å². The molecule has 0 saturated heterocycles. The molecule has 0 bridgehead atoms. The zero-order valence-corrected chi connectivity index (χ0v) is 15.2. The van der Waals surface area contributed by atoms with Gasteiger partial charge >= 0.3 is 5.97 Å². The number of anilines is 1. The maximum atomic E-state index is 12.3. The lowest BCUT2D eigenvalue weighted by atomic mass is 10.1. The van der Waals surface area contributed by atoms with Crippen molar-refractivity contribution in [2.75, 3.05) is 18.1 Å². The van der Waals surface area contributed by atoms with Crippen molar-refractivity contribution in [3.8, 4) is 6.07 Å². The van der Waals surface area contributed by atoms with E-state index in [-0.39, 0.29) is 13.0 Å². The molecule has 0 atom stereocenters. The van der Waals surface area contributed by atoms with Crippen LogP contribution in [0, 0.1) is 11.3 Å². The van der Waals surface area contributed by atoms with Crippen molar-refractivity contribution in [1.82, 2.24) is 4.98 Å². The second kappa shape index (κ2) is 9.28. The Balaban J connectivity index is 1.52. The van der Waals surface area contributed by atoms with Crippen molar-refractivity contribution in [1.29, 1.82) is 5.26 Å². The molecule has 0 radical (unpaired) electrons. The third-order valence-electron chi connectivity index (χ3n) is 4.20.